The van der Waals surface area contributed by atoms with E-state index in [-0.39, 0.29) is 11.9 Å². The van der Waals surface area contributed by atoms with Crippen LogP contribution in [0.4, 0.5) is 0 Å². The Morgan fingerprint density at radius 1 is 1.27 bits per heavy atom. The number of amides is 1. The summed E-state index contributed by atoms with van der Waals surface area (Å²) in [6.07, 6.45) is 6.66. The van der Waals surface area contributed by atoms with E-state index in [9.17, 15) is 4.79 Å². The molecule has 0 saturated carbocycles. The molecular weight excluding hydrogens is 324 g/mol. The molecule has 0 aromatic carbocycles. The molecule has 1 aliphatic rings. The normalized spacial score (nSPS) is 21.0. The second-order valence-corrected chi connectivity index (χ2v) is 7.16. The lowest BCUT2D eigenvalue weighted by Gasteiger charge is -2.37. The Hall–Kier alpha value is -2.66. The van der Waals surface area contributed by atoms with Crippen LogP contribution in [0.25, 0.3) is 5.52 Å². The van der Waals surface area contributed by atoms with Crippen molar-refractivity contribution in [2.75, 3.05) is 13.1 Å². The molecule has 1 saturated heterocycles. The van der Waals surface area contributed by atoms with Gasteiger partial charge in [-0.05, 0) is 42.7 Å². The topological polar surface area (TPSA) is 49.6 Å². The van der Waals surface area contributed by atoms with Gasteiger partial charge < -0.3 is 9.72 Å². The zero-order chi connectivity index (χ0) is 17.9. The van der Waals surface area contributed by atoms with Gasteiger partial charge >= 0.3 is 0 Å². The second kappa shape index (κ2) is 7.30. The van der Waals surface area contributed by atoms with Crippen LogP contribution in [0.3, 0.4) is 0 Å². The molecule has 5 nitrogen and oxygen atoms in total. The number of pyridine rings is 2. The Morgan fingerprint density at radius 3 is 2.92 bits per heavy atom. The zero-order valence-corrected chi connectivity index (χ0v) is 15.0. The minimum atomic E-state index is 0.0173. The van der Waals surface area contributed by atoms with Crippen molar-refractivity contribution in [3.05, 3.63) is 72.3 Å². The highest BCUT2D eigenvalue weighted by Crippen LogP contribution is 2.19. The van der Waals surface area contributed by atoms with Gasteiger partial charge in [0.05, 0.1) is 11.3 Å². The Labute approximate surface area is 153 Å². The molecule has 2 atom stereocenters. The number of likely N-dealkylation sites (tertiary alicyclic amines) is 1. The fraction of sp³-hybridized carbons (Fsp3) is 0.333. The molecule has 0 spiro atoms. The largest absolute Gasteiger partial charge is 0.349 e. The number of rotatable bonds is 4. The number of nitrogens with zero attached hydrogens (tertiary/aromatic N) is 3. The summed E-state index contributed by atoms with van der Waals surface area (Å²) in [6, 6.07) is 14.2. The van der Waals surface area contributed by atoms with Crippen molar-refractivity contribution in [2.45, 2.75) is 25.9 Å². The molecule has 3 aromatic heterocycles. The van der Waals surface area contributed by atoms with Crippen LogP contribution in [0.15, 0.2) is 61.1 Å². The lowest BCUT2D eigenvalue weighted by Crippen LogP contribution is -2.49. The molecule has 3 aromatic rings. The smallest absolute Gasteiger partial charge is 0.253 e. The lowest BCUT2D eigenvalue weighted by molar-refractivity contribution is 0.0859. The van der Waals surface area contributed by atoms with Crippen LogP contribution in [0, 0.1) is 5.92 Å². The molecule has 2 unspecified atom stereocenters. The molecule has 0 radical (unpaired) electrons. The molecule has 26 heavy (non-hydrogen) atoms. The first kappa shape index (κ1) is 16.8. The first-order valence-corrected chi connectivity index (χ1v) is 9.19. The number of hydrogen-bond acceptors (Lipinski definition) is 3. The third-order valence-electron chi connectivity index (χ3n) is 5.18. The molecule has 0 aliphatic carbocycles. The number of carbonyl (C=O) groups is 1. The van der Waals surface area contributed by atoms with Gasteiger partial charge in [0, 0.05) is 49.8 Å². The van der Waals surface area contributed by atoms with Crippen LogP contribution >= 0.6 is 0 Å². The first-order valence-electron chi connectivity index (χ1n) is 9.19. The maximum Gasteiger partial charge on any atom is 0.253 e. The summed E-state index contributed by atoms with van der Waals surface area (Å²) in [7, 11) is 0. The Bertz CT molecular complexity index is 856. The van der Waals surface area contributed by atoms with Crippen molar-refractivity contribution in [1.82, 2.24) is 19.6 Å². The van der Waals surface area contributed by atoms with Crippen molar-refractivity contribution in [3.8, 4) is 0 Å². The Morgan fingerprint density at radius 2 is 2.15 bits per heavy atom. The minimum absolute atomic E-state index is 0.0173. The SMILES string of the molecule is CC1CN(Cc2ccccn2)CCC1NC(=O)c1cc2ccccn2c1. The van der Waals surface area contributed by atoms with Gasteiger partial charge in [0.2, 0.25) is 0 Å². The minimum Gasteiger partial charge on any atom is -0.349 e. The van der Waals surface area contributed by atoms with Gasteiger partial charge in [-0.3, -0.25) is 14.7 Å². The first-order chi connectivity index (χ1) is 12.7. The molecule has 1 N–H and O–H groups in total. The third kappa shape index (κ3) is 3.63. The number of hydrogen-bond donors (Lipinski definition) is 1. The van der Waals surface area contributed by atoms with E-state index >= 15 is 0 Å². The van der Waals surface area contributed by atoms with Gasteiger partial charge in [-0.2, -0.15) is 0 Å². The average molecular weight is 348 g/mol. The van der Waals surface area contributed by atoms with E-state index in [2.05, 4.69) is 28.2 Å². The Kier molecular flexibility index (Phi) is 4.71. The van der Waals surface area contributed by atoms with Crippen LogP contribution in [-0.4, -0.2) is 39.3 Å². The summed E-state index contributed by atoms with van der Waals surface area (Å²) < 4.78 is 1.98. The van der Waals surface area contributed by atoms with Crippen molar-refractivity contribution in [2.24, 2.45) is 5.92 Å². The highest BCUT2D eigenvalue weighted by molar-refractivity contribution is 5.95. The van der Waals surface area contributed by atoms with Gasteiger partial charge in [-0.15, -0.1) is 0 Å². The molecule has 4 heterocycles. The fourth-order valence-corrected chi connectivity index (χ4v) is 3.74. The van der Waals surface area contributed by atoms with Crippen molar-refractivity contribution < 1.29 is 4.79 Å². The number of fused-ring (bicyclic) bond motifs is 1. The lowest BCUT2D eigenvalue weighted by atomic mass is 9.93. The maximum absolute atomic E-state index is 12.7. The quantitative estimate of drug-likeness (QED) is 0.789. The zero-order valence-electron chi connectivity index (χ0n) is 15.0. The van der Waals surface area contributed by atoms with Gasteiger partial charge in [0.25, 0.3) is 5.91 Å². The molecular formula is C21H24N4O. The third-order valence-corrected chi connectivity index (χ3v) is 5.18. The Balaban J connectivity index is 1.36. The predicted molar refractivity (Wildman–Crippen MR) is 102 cm³/mol. The van der Waals surface area contributed by atoms with E-state index in [1.807, 2.05) is 59.4 Å². The fourth-order valence-electron chi connectivity index (χ4n) is 3.74. The monoisotopic (exact) mass is 348 g/mol. The van der Waals surface area contributed by atoms with E-state index in [4.69, 9.17) is 0 Å². The summed E-state index contributed by atoms with van der Waals surface area (Å²) in [6.45, 7) is 5.03. The van der Waals surface area contributed by atoms with Crippen LogP contribution in [0.2, 0.25) is 0 Å². The van der Waals surface area contributed by atoms with E-state index in [0.717, 1.165) is 42.8 Å². The van der Waals surface area contributed by atoms with Crippen LogP contribution in [0.1, 0.15) is 29.4 Å². The number of nitrogens with one attached hydrogen (secondary N) is 1. The molecule has 4 rings (SSSR count). The molecule has 5 heteroatoms. The summed E-state index contributed by atoms with van der Waals surface area (Å²) in [5.74, 6) is 0.428. The van der Waals surface area contributed by atoms with Crippen molar-refractivity contribution in [1.29, 1.82) is 0 Å². The second-order valence-electron chi connectivity index (χ2n) is 7.16. The van der Waals surface area contributed by atoms with Gasteiger partial charge in [0.15, 0.2) is 0 Å². The highest BCUT2D eigenvalue weighted by Gasteiger charge is 2.27. The van der Waals surface area contributed by atoms with E-state index in [1.54, 1.807) is 0 Å². The summed E-state index contributed by atoms with van der Waals surface area (Å²) >= 11 is 0. The standard InChI is InChI=1S/C21H24N4O/c1-16-13-24(15-18-6-2-4-9-22-18)11-8-20(16)23-21(26)17-12-19-7-3-5-10-25(19)14-17/h2-7,9-10,12,14,16,20H,8,11,13,15H2,1H3,(H,23,26). The number of carbonyl (C=O) groups excluding carboxylic acids is 1. The predicted octanol–water partition coefficient (Wildman–Crippen LogP) is 2.97. The van der Waals surface area contributed by atoms with Crippen LogP contribution < -0.4 is 5.32 Å². The molecule has 134 valence electrons. The highest BCUT2D eigenvalue weighted by atomic mass is 16.1. The van der Waals surface area contributed by atoms with Crippen molar-refractivity contribution in [3.63, 3.8) is 0 Å². The van der Waals surface area contributed by atoms with Gasteiger partial charge in [0.1, 0.15) is 0 Å². The van der Waals surface area contributed by atoms with E-state index in [0.29, 0.717) is 5.92 Å². The van der Waals surface area contributed by atoms with E-state index < -0.39 is 0 Å². The van der Waals surface area contributed by atoms with E-state index in [1.165, 1.54) is 0 Å². The average Bonchev–Trinajstić information content (AvgIpc) is 3.09. The molecule has 1 aliphatic heterocycles. The maximum atomic E-state index is 12.7. The van der Waals surface area contributed by atoms with Crippen LogP contribution in [-0.2, 0) is 6.54 Å². The van der Waals surface area contributed by atoms with Gasteiger partial charge in [-0.1, -0.05) is 19.1 Å². The van der Waals surface area contributed by atoms with Crippen LogP contribution in [0.5, 0.6) is 0 Å². The number of aromatic nitrogens is 2. The molecule has 1 fully saturated rings. The summed E-state index contributed by atoms with van der Waals surface area (Å²) in [5, 5.41) is 3.24. The number of piperidine rings is 1. The van der Waals surface area contributed by atoms with Gasteiger partial charge in [-0.25, -0.2) is 0 Å². The van der Waals surface area contributed by atoms with Crippen molar-refractivity contribution >= 4 is 11.4 Å². The summed E-state index contributed by atoms with van der Waals surface area (Å²) in [5.41, 5.74) is 2.86. The molecule has 1 amide bonds. The summed E-state index contributed by atoms with van der Waals surface area (Å²) in [4.78, 5) is 19.5. The molecule has 0 bridgehead atoms.